The van der Waals surface area contributed by atoms with Gasteiger partial charge in [-0.3, -0.25) is 4.99 Å². The van der Waals surface area contributed by atoms with Gasteiger partial charge in [0.1, 0.15) is 0 Å². The van der Waals surface area contributed by atoms with Crippen molar-refractivity contribution >= 4 is 22.9 Å². The van der Waals surface area contributed by atoms with Gasteiger partial charge in [0, 0.05) is 6.21 Å². The lowest BCUT2D eigenvalue weighted by atomic mass is 10.2. The van der Waals surface area contributed by atoms with E-state index >= 15 is 0 Å². The normalized spacial score (nSPS) is 12.4. The van der Waals surface area contributed by atoms with E-state index in [-0.39, 0.29) is 5.69 Å². The minimum Gasteiger partial charge on any atom is -0.306 e. The van der Waals surface area contributed by atoms with Crippen LogP contribution in [0.5, 0.6) is 0 Å². The number of aromatic nitrogens is 2. The third kappa shape index (κ3) is 3.31. The van der Waals surface area contributed by atoms with E-state index in [1.165, 1.54) is 0 Å². The molecular weight excluding hydrogens is 238 g/mol. The summed E-state index contributed by atoms with van der Waals surface area (Å²) in [5, 5.41) is 0. The number of H-pyrrole nitrogens is 2. The van der Waals surface area contributed by atoms with Crippen LogP contribution in [-0.4, -0.2) is 16.2 Å². The van der Waals surface area contributed by atoms with Crippen molar-refractivity contribution in [1.82, 2.24) is 9.97 Å². The lowest BCUT2D eigenvalue weighted by molar-refractivity contribution is 0.956. The van der Waals surface area contributed by atoms with Crippen LogP contribution < -0.4 is 5.69 Å². The lowest BCUT2D eigenvalue weighted by Crippen LogP contribution is -1.99. The summed E-state index contributed by atoms with van der Waals surface area (Å²) >= 11 is 0. The Morgan fingerprint density at radius 1 is 1.37 bits per heavy atom. The van der Waals surface area contributed by atoms with Gasteiger partial charge in [-0.2, -0.15) is 0 Å². The van der Waals surface area contributed by atoms with Crippen LogP contribution in [0.1, 0.15) is 19.8 Å². The van der Waals surface area contributed by atoms with Crippen LogP contribution in [0.3, 0.4) is 0 Å². The Morgan fingerprint density at radius 2 is 2.16 bits per heavy atom. The summed E-state index contributed by atoms with van der Waals surface area (Å²) in [6.45, 7) is 5.90. The SMILES string of the molecule is C=C/C(C=Nc1ccc2[nH]c(=O)[nH]c2c1)=C\CCC. The predicted molar refractivity (Wildman–Crippen MR) is 80.3 cm³/mol. The van der Waals surface area contributed by atoms with Crippen LogP contribution in [0.15, 0.2) is 52.3 Å². The smallest absolute Gasteiger partial charge is 0.306 e. The second-order valence-electron chi connectivity index (χ2n) is 4.26. The topological polar surface area (TPSA) is 61.0 Å². The molecule has 1 aromatic carbocycles. The van der Waals surface area contributed by atoms with Crippen LogP contribution in [0.2, 0.25) is 0 Å². The molecule has 0 saturated heterocycles. The largest absolute Gasteiger partial charge is 0.323 e. The quantitative estimate of drug-likeness (QED) is 0.623. The fourth-order valence-electron chi connectivity index (χ4n) is 1.75. The average Bonchev–Trinajstić information content (AvgIpc) is 2.78. The zero-order valence-corrected chi connectivity index (χ0v) is 10.9. The van der Waals surface area contributed by atoms with Crippen molar-refractivity contribution in [3.8, 4) is 0 Å². The Labute approximate surface area is 111 Å². The van der Waals surface area contributed by atoms with Gasteiger partial charge in [-0.15, -0.1) is 0 Å². The molecule has 0 radical (unpaired) electrons. The van der Waals surface area contributed by atoms with Gasteiger partial charge in [0.25, 0.3) is 0 Å². The maximum Gasteiger partial charge on any atom is 0.323 e. The minimum absolute atomic E-state index is 0.203. The Balaban J connectivity index is 2.24. The highest BCUT2D eigenvalue weighted by Gasteiger charge is 1.98. The summed E-state index contributed by atoms with van der Waals surface area (Å²) in [6.07, 6.45) is 7.79. The molecule has 0 aliphatic heterocycles. The number of nitrogens with zero attached hydrogens (tertiary/aromatic N) is 1. The summed E-state index contributed by atoms with van der Waals surface area (Å²) in [6, 6.07) is 5.54. The van der Waals surface area contributed by atoms with E-state index in [1.54, 1.807) is 12.3 Å². The molecule has 1 aromatic heterocycles. The molecule has 0 saturated carbocycles. The highest BCUT2D eigenvalue weighted by molar-refractivity contribution is 5.86. The molecule has 0 aliphatic rings. The third-order valence-corrected chi connectivity index (χ3v) is 2.77. The molecule has 2 rings (SSSR count). The summed E-state index contributed by atoms with van der Waals surface area (Å²) in [4.78, 5) is 21.0. The number of aromatic amines is 2. The third-order valence-electron chi connectivity index (χ3n) is 2.77. The van der Waals surface area contributed by atoms with Crippen LogP contribution in [0, 0.1) is 0 Å². The molecule has 0 unspecified atom stereocenters. The first-order valence-electron chi connectivity index (χ1n) is 6.31. The number of fused-ring (bicyclic) bond motifs is 1. The molecule has 0 spiro atoms. The van der Waals surface area contributed by atoms with E-state index in [9.17, 15) is 4.79 Å². The van der Waals surface area contributed by atoms with E-state index in [1.807, 2.05) is 18.2 Å². The van der Waals surface area contributed by atoms with Crippen LogP contribution in [0.4, 0.5) is 5.69 Å². The molecule has 0 atom stereocenters. The maximum atomic E-state index is 11.2. The number of benzene rings is 1. The molecule has 4 heteroatoms. The van der Waals surface area contributed by atoms with E-state index in [0.717, 1.165) is 35.1 Å². The second-order valence-corrected chi connectivity index (χ2v) is 4.26. The van der Waals surface area contributed by atoms with Crippen molar-refractivity contribution in [1.29, 1.82) is 0 Å². The van der Waals surface area contributed by atoms with Gasteiger partial charge in [-0.05, 0) is 30.2 Å². The molecule has 0 fully saturated rings. The number of imidazole rings is 1. The number of hydrogen-bond donors (Lipinski definition) is 2. The number of nitrogens with one attached hydrogen (secondary N) is 2. The summed E-state index contributed by atoms with van der Waals surface area (Å²) in [7, 11) is 0. The maximum absolute atomic E-state index is 11.2. The van der Waals surface area contributed by atoms with Crippen molar-refractivity contribution in [2.24, 2.45) is 4.99 Å². The van der Waals surface area contributed by atoms with Crippen molar-refractivity contribution < 1.29 is 0 Å². The highest BCUT2D eigenvalue weighted by Crippen LogP contribution is 2.17. The number of unbranched alkanes of at least 4 members (excludes halogenated alkanes) is 1. The summed E-state index contributed by atoms with van der Waals surface area (Å²) < 4.78 is 0. The van der Waals surface area contributed by atoms with Crippen LogP contribution in [0.25, 0.3) is 11.0 Å². The molecule has 1 heterocycles. The molecule has 4 nitrogen and oxygen atoms in total. The fourth-order valence-corrected chi connectivity index (χ4v) is 1.75. The van der Waals surface area contributed by atoms with Crippen molar-refractivity contribution in [2.75, 3.05) is 0 Å². The molecule has 0 aliphatic carbocycles. The molecule has 2 N–H and O–H groups in total. The Kier molecular flexibility index (Phi) is 4.13. The van der Waals surface area contributed by atoms with E-state index < -0.39 is 0 Å². The zero-order valence-electron chi connectivity index (χ0n) is 10.9. The highest BCUT2D eigenvalue weighted by atomic mass is 16.1. The molecular formula is C15H17N3O. The van der Waals surface area contributed by atoms with Crippen molar-refractivity contribution in [3.05, 3.63) is 53.0 Å². The van der Waals surface area contributed by atoms with Gasteiger partial charge in [0.05, 0.1) is 16.7 Å². The Bertz CT molecular complexity index is 689. The summed E-state index contributed by atoms with van der Waals surface area (Å²) in [5.41, 5.74) is 3.15. The lowest BCUT2D eigenvalue weighted by Gasteiger charge is -1.95. The average molecular weight is 255 g/mol. The van der Waals surface area contributed by atoms with Crippen molar-refractivity contribution in [2.45, 2.75) is 19.8 Å². The van der Waals surface area contributed by atoms with Gasteiger partial charge in [-0.25, -0.2) is 4.79 Å². The molecule has 19 heavy (non-hydrogen) atoms. The number of rotatable bonds is 5. The number of hydrogen-bond acceptors (Lipinski definition) is 2. The summed E-state index contributed by atoms with van der Waals surface area (Å²) in [5.74, 6) is 0. The fraction of sp³-hybridized carbons (Fsp3) is 0.200. The standard InChI is InChI=1S/C15H17N3O/c1-3-5-6-11(4-2)10-16-12-7-8-13-14(9-12)18-15(19)17-13/h4,6-10H,2-3,5H2,1H3,(H2,17,18,19)/b11-6+,16-10?. The molecule has 98 valence electrons. The van der Waals surface area contributed by atoms with E-state index in [2.05, 4.69) is 34.5 Å². The first-order chi connectivity index (χ1) is 9.22. The van der Waals surface area contributed by atoms with Gasteiger partial charge < -0.3 is 9.97 Å². The Morgan fingerprint density at radius 3 is 2.89 bits per heavy atom. The monoisotopic (exact) mass is 255 g/mol. The number of allylic oxidation sites excluding steroid dienone is 3. The molecule has 0 bridgehead atoms. The minimum atomic E-state index is -0.203. The molecule has 0 amide bonds. The van der Waals surface area contributed by atoms with E-state index in [4.69, 9.17) is 0 Å². The predicted octanol–water partition coefficient (Wildman–Crippen LogP) is 3.47. The van der Waals surface area contributed by atoms with Gasteiger partial charge >= 0.3 is 5.69 Å². The van der Waals surface area contributed by atoms with Gasteiger partial charge in [0.15, 0.2) is 0 Å². The first kappa shape index (κ1) is 13.1. The first-order valence-corrected chi connectivity index (χ1v) is 6.31. The van der Waals surface area contributed by atoms with Gasteiger partial charge in [0.2, 0.25) is 0 Å². The second kappa shape index (κ2) is 6.00. The van der Waals surface area contributed by atoms with Gasteiger partial charge in [-0.1, -0.05) is 32.1 Å². The Hall–Kier alpha value is -2.36. The van der Waals surface area contributed by atoms with E-state index in [0.29, 0.717) is 0 Å². The van der Waals surface area contributed by atoms with Crippen LogP contribution >= 0.6 is 0 Å². The van der Waals surface area contributed by atoms with Crippen molar-refractivity contribution in [3.63, 3.8) is 0 Å². The molecule has 2 aromatic rings. The zero-order chi connectivity index (χ0) is 13.7. The number of aliphatic imine (C=N–C) groups is 1. The van der Waals surface area contributed by atoms with Crippen LogP contribution in [-0.2, 0) is 0 Å².